The molecule has 2 aromatic rings. The smallest absolute Gasteiger partial charge is 0.0523 e. The second-order valence-electron chi connectivity index (χ2n) is 8.56. The van der Waals surface area contributed by atoms with E-state index in [2.05, 4.69) is 80.0 Å². The number of benzene rings is 1. The van der Waals surface area contributed by atoms with Gasteiger partial charge >= 0.3 is 0 Å². The highest BCUT2D eigenvalue weighted by Crippen LogP contribution is 2.40. The minimum atomic E-state index is 0.0979. The van der Waals surface area contributed by atoms with E-state index in [1.807, 2.05) is 0 Å². The van der Waals surface area contributed by atoms with Gasteiger partial charge in [-0.05, 0) is 81.7 Å². The molecule has 1 aromatic heterocycles. The van der Waals surface area contributed by atoms with Gasteiger partial charge in [-0.15, -0.1) is 0 Å². The SMILES string of the molecule is Cc1c(C)c(C)c2c(c(C(C)(C)C)cn2C(C)(C)C)c1C. The molecule has 2 rings (SSSR count). The van der Waals surface area contributed by atoms with Gasteiger partial charge in [0.2, 0.25) is 0 Å². The van der Waals surface area contributed by atoms with Crippen LogP contribution in [-0.4, -0.2) is 4.57 Å². The Kier molecular flexibility index (Phi) is 3.56. The first-order chi connectivity index (χ1) is 9.37. The Morgan fingerprint density at radius 1 is 0.714 bits per heavy atom. The van der Waals surface area contributed by atoms with Crippen molar-refractivity contribution in [3.63, 3.8) is 0 Å². The van der Waals surface area contributed by atoms with E-state index in [0.29, 0.717) is 0 Å². The predicted molar refractivity (Wildman–Crippen MR) is 94.6 cm³/mol. The van der Waals surface area contributed by atoms with Crippen LogP contribution >= 0.6 is 0 Å². The number of rotatable bonds is 0. The van der Waals surface area contributed by atoms with Crippen molar-refractivity contribution in [1.29, 1.82) is 0 Å². The van der Waals surface area contributed by atoms with Gasteiger partial charge in [-0.25, -0.2) is 0 Å². The van der Waals surface area contributed by atoms with Crippen LogP contribution in [0.5, 0.6) is 0 Å². The molecular weight excluding hydrogens is 254 g/mol. The number of aryl methyl sites for hydroxylation is 2. The molecule has 0 aliphatic heterocycles. The predicted octanol–water partition coefficient (Wildman–Crippen LogP) is 5.93. The average Bonchev–Trinajstić information content (AvgIpc) is 2.73. The zero-order chi connectivity index (χ0) is 16.3. The zero-order valence-electron chi connectivity index (χ0n) is 15.5. The molecule has 0 fully saturated rings. The molecule has 0 bridgehead atoms. The van der Waals surface area contributed by atoms with E-state index in [1.165, 1.54) is 38.7 Å². The van der Waals surface area contributed by atoms with Crippen molar-refractivity contribution in [2.24, 2.45) is 0 Å². The molecule has 1 nitrogen and oxygen atoms in total. The summed E-state index contributed by atoms with van der Waals surface area (Å²) >= 11 is 0. The third kappa shape index (κ3) is 2.41. The third-order valence-electron chi connectivity index (χ3n) is 4.95. The van der Waals surface area contributed by atoms with Crippen LogP contribution in [0.15, 0.2) is 6.20 Å². The van der Waals surface area contributed by atoms with Crippen molar-refractivity contribution >= 4 is 10.9 Å². The molecule has 0 atom stereocenters. The molecule has 116 valence electrons. The van der Waals surface area contributed by atoms with Crippen molar-refractivity contribution in [2.75, 3.05) is 0 Å². The van der Waals surface area contributed by atoms with E-state index in [9.17, 15) is 0 Å². The van der Waals surface area contributed by atoms with Crippen LogP contribution in [0.4, 0.5) is 0 Å². The molecule has 0 saturated carbocycles. The van der Waals surface area contributed by atoms with E-state index in [4.69, 9.17) is 0 Å². The highest BCUT2D eigenvalue weighted by atomic mass is 15.0. The van der Waals surface area contributed by atoms with Crippen LogP contribution < -0.4 is 0 Å². The summed E-state index contributed by atoms with van der Waals surface area (Å²) in [6.07, 6.45) is 2.39. The standard InChI is InChI=1S/C20H31N/c1-12-13(2)15(4)18-17(14(12)3)16(19(5,6)7)11-21(18)20(8,9)10/h11H,1-10H3. The molecule has 0 amide bonds. The second-order valence-corrected chi connectivity index (χ2v) is 8.56. The Morgan fingerprint density at radius 3 is 1.62 bits per heavy atom. The van der Waals surface area contributed by atoms with Crippen LogP contribution in [0.1, 0.15) is 69.4 Å². The molecule has 0 unspecified atom stereocenters. The fraction of sp³-hybridized carbons (Fsp3) is 0.600. The first kappa shape index (κ1) is 16.1. The Balaban J connectivity index is 3.11. The maximum Gasteiger partial charge on any atom is 0.0523 e. The van der Waals surface area contributed by atoms with Gasteiger partial charge in [-0.1, -0.05) is 20.8 Å². The molecule has 0 N–H and O–H groups in total. The Hall–Kier alpha value is -1.24. The molecular formula is C20H31N. The third-order valence-corrected chi connectivity index (χ3v) is 4.95. The molecule has 0 radical (unpaired) electrons. The van der Waals surface area contributed by atoms with E-state index >= 15 is 0 Å². The molecule has 0 aliphatic carbocycles. The summed E-state index contributed by atoms with van der Waals surface area (Å²) in [5.41, 5.74) is 8.90. The van der Waals surface area contributed by atoms with E-state index in [1.54, 1.807) is 0 Å². The number of aromatic nitrogens is 1. The lowest BCUT2D eigenvalue weighted by Gasteiger charge is -2.24. The minimum absolute atomic E-state index is 0.0979. The monoisotopic (exact) mass is 285 g/mol. The van der Waals surface area contributed by atoms with Crippen molar-refractivity contribution in [1.82, 2.24) is 4.57 Å². The summed E-state index contributed by atoms with van der Waals surface area (Å²) in [7, 11) is 0. The largest absolute Gasteiger partial charge is 0.342 e. The zero-order valence-corrected chi connectivity index (χ0v) is 15.5. The summed E-state index contributed by atoms with van der Waals surface area (Å²) in [4.78, 5) is 0. The van der Waals surface area contributed by atoms with Crippen LogP contribution in [-0.2, 0) is 11.0 Å². The Labute approximate surface area is 130 Å². The van der Waals surface area contributed by atoms with Gasteiger partial charge in [0.15, 0.2) is 0 Å². The molecule has 0 aliphatic rings. The lowest BCUT2D eigenvalue weighted by molar-refractivity contribution is 0.407. The second kappa shape index (κ2) is 4.63. The van der Waals surface area contributed by atoms with Gasteiger partial charge in [0.25, 0.3) is 0 Å². The van der Waals surface area contributed by atoms with Crippen LogP contribution in [0, 0.1) is 27.7 Å². The molecule has 1 heterocycles. The van der Waals surface area contributed by atoms with Crippen molar-refractivity contribution < 1.29 is 0 Å². The van der Waals surface area contributed by atoms with Crippen molar-refractivity contribution in [3.8, 4) is 0 Å². The maximum absolute atomic E-state index is 2.48. The summed E-state index contributed by atoms with van der Waals surface area (Å²) < 4.78 is 2.48. The van der Waals surface area contributed by atoms with Gasteiger partial charge in [-0.2, -0.15) is 0 Å². The summed E-state index contributed by atoms with van der Waals surface area (Å²) in [5, 5.41) is 1.47. The molecule has 0 spiro atoms. The summed E-state index contributed by atoms with van der Waals surface area (Å²) in [6, 6.07) is 0. The Morgan fingerprint density at radius 2 is 1.19 bits per heavy atom. The van der Waals surface area contributed by atoms with E-state index < -0.39 is 0 Å². The number of hydrogen-bond donors (Lipinski definition) is 0. The van der Waals surface area contributed by atoms with Gasteiger partial charge in [-0.3, -0.25) is 0 Å². The van der Waals surface area contributed by atoms with Gasteiger partial charge in [0.05, 0.1) is 5.52 Å². The molecule has 21 heavy (non-hydrogen) atoms. The van der Waals surface area contributed by atoms with Crippen molar-refractivity contribution in [2.45, 2.75) is 80.2 Å². The van der Waals surface area contributed by atoms with Crippen molar-refractivity contribution in [3.05, 3.63) is 34.0 Å². The molecule has 1 aromatic carbocycles. The summed E-state index contributed by atoms with van der Waals surface area (Å²) in [6.45, 7) is 22.9. The average molecular weight is 285 g/mol. The normalized spacial score (nSPS) is 13.2. The quantitative estimate of drug-likeness (QED) is 0.565. The Bertz CT molecular complexity index is 640. The van der Waals surface area contributed by atoms with Crippen LogP contribution in [0.25, 0.3) is 10.9 Å². The lowest BCUT2D eigenvalue weighted by Crippen LogP contribution is -2.21. The first-order valence-electron chi connectivity index (χ1n) is 7.99. The van der Waals surface area contributed by atoms with E-state index in [-0.39, 0.29) is 11.0 Å². The molecule has 1 heteroatoms. The van der Waals surface area contributed by atoms with Gasteiger partial charge < -0.3 is 4.57 Å². The minimum Gasteiger partial charge on any atom is -0.342 e. The first-order valence-corrected chi connectivity index (χ1v) is 7.99. The number of nitrogens with zero attached hydrogens (tertiary/aromatic N) is 1. The topological polar surface area (TPSA) is 4.93 Å². The highest BCUT2D eigenvalue weighted by molar-refractivity contribution is 5.93. The lowest BCUT2D eigenvalue weighted by atomic mass is 9.83. The fourth-order valence-electron chi connectivity index (χ4n) is 3.28. The number of hydrogen-bond acceptors (Lipinski definition) is 0. The van der Waals surface area contributed by atoms with Crippen LogP contribution in [0.3, 0.4) is 0 Å². The molecule has 0 saturated heterocycles. The van der Waals surface area contributed by atoms with Crippen LogP contribution in [0.2, 0.25) is 0 Å². The van der Waals surface area contributed by atoms with Gasteiger partial charge in [0, 0.05) is 17.1 Å². The van der Waals surface area contributed by atoms with Gasteiger partial charge in [0.1, 0.15) is 0 Å². The summed E-state index contributed by atoms with van der Waals surface area (Å²) in [5.74, 6) is 0. The fourth-order valence-corrected chi connectivity index (χ4v) is 3.28. The number of fused-ring (bicyclic) bond motifs is 1. The highest BCUT2D eigenvalue weighted by Gasteiger charge is 2.27. The van der Waals surface area contributed by atoms with E-state index in [0.717, 1.165) is 0 Å². The maximum atomic E-state index is 2.48.